The summed E-state index contributed by atoms with van der Waals surface area (Å²) in [5, 5.41) is 3.47. The van der Waals surface area contributed by atoms with Gasteiger partial charge >= 0.3 is 0 Å². The van der Waals surface area contributed by atoms with Crippen LogP contribution in [0.2, 0.25) is 0 Å². The third-order valence-corrected chi connectivity index (χ3v) is 3.41. The van der Waals surface area contributed by atoms with E-state index in [2.05, 4.69) is 33.5 Å². The minimum Gasteiger partial charge on any atom is -0.345 e. The summed E-state index contributed by atoms with van der Waals surface area (Å²) in [7, 11) is 0. The number of piperidine rings is 1. The van der Waals surface area contributed by atoms with E-state index in [1.165, 1.54) is 37.9 Å². The van der Waals surface area contributed by atoms with Gasteiger partial charge in [-0.1, -0.05) is 6.07 Å². The molecule has 1 aromatic carbocycles. The summed E-state index contributed by atoms with van der Waals surface area (Å²) in [6, 6.07) is 6.55. The first-order valence-corrected chi connectivity index (χ1v) is 6.04. The van der Waals surface area contributed by atoms with Gasteiger partial charge in [-0.05, 0) is 56.0 Å². The van der Waals surface area contributed by atoms with Crippen molar-refractivity contribution >= 4 is 11.0 Å². The van der Waals surface area contributed by atoms with Gasteiger partial charge in [0.25, 0.3) is 0 Å². The topological polar surface area (TPSA) is 40.7 Å². The quantitative estimate of drug-likeness (QED) is 0.805. The van der Waals surface area contributed by atoms with E-state index in [-0.39, 0.29) is 0 Å². The Morgan fingerprint density at radius 2 is 2.38 bits per heavy atom. The Bertz CT molecular complexity index is 469. The number of hydrogen-bond acceptors (Lipinski definition) is 2. The van der Waals surface area contributed by atoms with Crippen LogP contribution in [0, 0.1) is 5.92 Å². The average Bonchev–Trinajstić information content (AvgIpc) is 2.77. The van der Waals surface area contributed by atoms with Crippen molar-refractivity contribution in [1.82, 2.24) is 15.3 Å². The van der Waals surface area contributed by atoms with Crippen molar-refractivity contribution < 1.29 is 0 Å². The second-order valence-electron chi connectivity index (χ2n) is 4.67. The number of aromatic amines is 1. The maximum absolute atomic E-state index is 4.24. The van der Waals surface area contributed by atoms with E-state index in [1.807, 2.05) is 0 Å². The van der Waals surface area contributed by atoms with E-state index in [0.29, 0.717) is 0 Å². The summed E-state index contributed by atoms with van der Waals surface area (Å²) in [5.41, 5.74) is 3.64. The number of rotatable bonds is 2. The lowest BCUT2D eigenvalue weighted by atomic mass is 9.92. The van der Waals surface area contributed by atoms with Gasteiger partial charge in [-0.25, -0.2) is 4.98 Å². The highest BCUT2D eigenvalue weighted by molar-refractivity contribution is 5.75. The minimum atomic E-state index is 0.800. The van der Waals surface area contributed by atoms with Crippen LogP contribution in [0.4, 0.5) is 0 Å². The molecule has 1 fully saturated rings. The molecule has 1 aliphatic rings. The molecule has 0 spiro atoms. The van der Waals surface area contributed by atoms with Crippen LogP contribution in [0.15, 0.2) is 24.5 Å². The van der Waals surface area contributed by atoms with Gasteiger partial charge in [0.15, 0.2) is 0 Å². The van der Waals surface area contributed by atoms with Gasteiger partial charge in [0, 0.05) is 0 Å². The van der Waals surface area contributed by atoms with Crippen LogP contribution >= 0.6 is 0 Å². The van der Waals surface area contributed by atoms with Gasteiger partial charge in [0.1, 0.15) is 0 Å². The first kappa shape index (κ1) is 9.85. The number of hydrogen-bond donors (Lipinski definition) is 2. The van der Waals surface area contributed by atoms with E-state index < -0.39 is 0 Å². The number of aromatic nitrogens is 2. The molecule has 0 bridgehead atoms. The maximum Gasteiger partial charge on any atom is 0.0931 e. The zero-order chi connectivity index (χ0) is 10.8. The Morgan fingerprint density at radius 3 is 3.25 bits per heavy atom. The van der Waals surface area contributed by atoms with Crippen molar-refractivity contribution in [3.8, 4) is 0 Å². The molecule has 0 saturated carbocycles. The highest BCUT2D eigenvalue weighted by Gasteiger charge is 2.13. The predicted octanol–water partition coefficient (Wildman–Crippen LogP) is 2.10. The number of imidazole rings is 1. The van der Waals surface area contributed by atoms with Gasteiger partial charge < -0.3 is 10.3 Å². The Hall–Kier alpha value is -1.35. The monoisotopic (exact) mass is 215 g/mol. The molecular weight excluding hydrogens is 198 g/mol. The van der Waals surface area contributed by atoms with Crippen LogP contribution < -0.4 is 5.32 Å². The Balaban J connectivity index is 1.77. The molecule has 84 valence electrons. The normalized spacial score (nSPS) is 21.4. The highest BCUT2D eigenvalue weighted by atomic mass is 14.9. The fraction of sp³-hybridized carbons (Fsp3) is 0.462. The molecule has 1 aliphatic heterocycles. The third-order valence-electron chi connectivity index (χ3n) is 3.41. The molecule has 16 heavy (non-hydrogen) atoms. The van der Waals surface area contributed by atoms with Crippen LogP contribution in [0.3, 0.4) is 0 Å². The molecule has 2 heterocycles. The molecule has 2 N–H and O–H groups in total. The smallest absolute Gasteiger partial charge is 0.0931 e. The SMILES string of the molecule is c1nc2ccc(CC3CCCNC3)cc2[nH]1. The van der Waals surface area contributed by atoms with E-state index in [1.54, 1.807) is 6.33 Å². The number of benzene rings is 1. The van der Waals surface area contributed by atoms with Crippen molar-refractivity contribution in [2.45, 2.75) is 19.3 Å². The predicted molar refractivity (Wildman–Crippen MR) is 65.4 cm³/mol. The zero-order valence-corrected chi connectivity index (χ0v) is 9.37. The molecule has 3 heteroatoms. The summed E-state index contributed by atoms with van der Waals surface area (Å²) in [5.74, 6) is 0.800. The van der Waals surface area contributed by atoms with E-state index in [4.69, 9.17) is 0 Å². The first-order chi connectivity index (χ1) is 7.92. The van der Waals surface area contributed by atoms with Crippen LogP contribution in [-0.4, -0.2) is 23.1 Å². The summed E-state index contributed by atoms with van der Waals surface area (Å²) in [6.45, 7) is 2.36. The lowest BCUT2D eigenvalue weighted by Crippen LogP contribution is -2.30. The molecule has 3 rings (SSSR count). The van der Waals surface area contributed by atoms with Crippen molar-refractivity contribution in [2.24, 2.45) is 5.92 Å². The largest absolute Gasteiger partial charge is 0.345 e. The third kappa shape index (κ3) is 1.95. The summed E-state index contributed by atoms with van der Waals surface area (Å²) in [6.07, 6.45) is 5.61. The highest BCUT2D eigenvalue weighted by Crippen LogP contribution is 2.19. The zero-order valence-electron chi connectivity index (χ0n) is 9.37. The molecule has 1 aromatic heterocycles. The minimum absolute atomic E-state index is 0.800. The van der Waals surface area contributed by atoms with Crippen LogP contribution in [0.1, 0.15) is 18.4 Å². The average molecular weight is 215 g/mol. The Morgan fingerprint density at radius 1 is 1.38 bits per heavy atom. The summed E-state index contributed by atoms with van der Waals surface area (Å²) in [4.78, 5) is 7.41. The molecule has 0 amide bonds. The number of nitrogens with zero attached hydrogens (tertiary/aromatic N) is 1. The summed E-state index contributed by atoms with van der Waals surface area (Å²) >= 11 is 0. The molecule has 1 saturated heterocycles. The van der Waals surface area contributed by atoms with Crippen molar-refractivity contribution in [3.63, 3.8) is 0 Å². The number of fused-ring (bicyclic) bond motifs is 1. The molecular formula is C13H17N3. The van der Waals surface area contributed by atoms with Crippen LogP contribution in [0.25, 0.3) is 11.0 Å². The molecule has 2 aromatic rings. The van der Waals surface area contributed by atoms with Gasteiger partial charge in [-0.15, -0.1) is 0 Å². The van der Waals surface area contributed by atoms with E-state index in [9.17, 15) is 0 Å². The molecule has 1 unspecified atom stereocenters. The Kier molecular flexibility index (Phi) is 2.62. The van der Waals surface area contributed by atoms with E-state index >= 15 is 0 Å². The fourth-order valence-corrected chi connectivity index (χ4v) is 2.54. The van der Waals surface area contributed by atoms with Crippen LogP contribution in [0.5, 0.6) is 0 Å². The van der Waals surface area contributed by atoms with Crippen molar-refractivity contribution in [2.75, 3.05) is 13.1 Å². The van der Waals surface area contributed by atoms with Gasteiger partial charge in [0.05, 0.1) is 17.4 Å². The Labute approximate surface area is 95.3 Å². The lowest BCUT2D eigenvalue weighted by molar-refractivity contribution is 0.376. The van der Waals surface area contributed by atoms with E-state index in [0.717, 1.165) is 17.0 Å². The van der Waals surface area contributed by atoms with Crippen LogP contribution in [-0.2, 0) is 6.42 Å². The van der Waals surface area contributed by atoms with Crippen molar-refractivity contribution in [1.29, 1.82) is 0 Å². The second-order valence-corrected chi connectivity index (χ2v) is 4.67. The van der Waals surface area contributed by atoms with Gasteiger partial charge in [-0.2, -0.15) is 0 Å². The molecule has 0 radical (unpaired) electrons. The standard InChI is InChI=1S/C13H17N3/c1-2-11(8-14-5-1)6-10-3-4-12-13(7-10)16-9-15-12/h3-4,7,9,11,14H,1-2,5-6,8H2,(H,15,16). The summed E-state index contributed by atoms with van der Waals surface area (Å²) < 4.78 is 0. The van der Waals surface area contributed by atoms with Crippen molar-refractivity contribution in [3.05, 3.63) is 30.1 Å². The second kappa shape index (κ2) is 4.26. The molecule has 1 atom stereocenters. The molecule has 3 nitrogen and oxygen atoms in total. The number of H-pyrrole nitrogens is 1. The maximum atomic E-state index is 4.24. The lowest BCUT2D eigenvalue weighted by Gasteiger charge is -2.22. The fourth-order valence-electron chi connectivity index (χ4n) is 2.54. The number of nitrogens with one attached hydrogen (secondary N) is 2. The van der Waals surface area contributed by atoms with Gasteiger partial charge in [-0.3, -0.25) is 0 Å². The first-order valence-electron chi connectivity index (χ1n) is 6.04. The molecule has 0 aliphatic carbocycles. The van der Waals surface area contributed by atoms with Gasteiger partial charge in [0.2, 0.25) is 0 Å².